The van der Waals surface area contributed by atoms with Crippen LogP contribution in [0.5, 0.6) is 5.75 Å². The molecule has 1 atom stereocenters. The highest BCUT2D eigenvalue weighted by atomic mass is 19.4. The number of hydrogen-bond donors (Lipinski definition) is 0. The molecule has 0 fully saturated rings. The summed E-state index contributed by atoms with van der Waals surface area (Å²) in [7, 11) is 0. The Bertz CT molecular complexity index is 1160. The summed E-state index contributed by atoms with van der Waals surface area (Å²) < 4.78 is 50.5. The summed E-state index contributed by atoms with van der Waals surface area (Å²) in [5.74, 6) is 0.287. The van der Waals surface area contributed by atoms with Gasteiger partial charge in [0.25, 0.3) is 0 Å². The molecule has 8 heteroatoms. The number of aromatic nitrogens is 1. The van der Waals surface area contributed by atoms with Gasteiger partial charge in [0.05, 0.1) is 22.0 Å². The van der Waals surface area contributed by atoms with Gasteiger partial charge in [0.2, 0.25) is 11.8 Å². The maximum absolute atomic E-state index is 13.2. The molecule has 0 N–H and O–H groups in total. The SMILES string of the molecule is CC1C=NC(Oc2ccccc2)=C1c1nc2cccc(C(F)(F)F)c2c(=O)o1. The monoisotopic (exact) mass is 386 g/mol. The number of ether oxygens (including phenoxy) is 1. The van der Waals surface area contributed by atoms with Crippen LogP contribution in [0, 0.1) is 5.92 Å². The second-order valence-corrected chi connectivity index (χ2v) is 6.20. The predicted octanol–water partition coefficient (Wildman–Crippen LogP) is 4.67. The fourth-order valence-electron chi connectivity index (χ4n) is 2.96. The zero-order valence-corrected chi connectivity index (χ0v) is 14.5. The zero-order chi connectivity index (χ0) is 19.9. The van der Waals surface area contributed by atoms with Gasteiger partial charge in [-0.2, -0.15) is 13.2 Å². The van der Waals surface area contributed by atoms with E-state index in [0.29, 0.717) is 11.3 Å². The lowest BCUT2D eigenvalue weighted by atomic mass is 10.0. The number of benzene rings is 2. The van der Waals surface area contributed by atoms with Crippen LogP contribution in [0.1, 0.15) is 18.4 Å². The average Bonchev–Trinajstić information content (AvgIpc) is 3.01. The van der Waals surface area contributed by atoms with Crippen molar-refractivity contribution in [2.75, 3.05) is 0 Å². The van der Waals surface area contributed by atoms with Crippen LogP contribution >= 0.6 is 0 Å². The molecule has 1 aromatic heterocycles. The number of halogens is 3. The number of rotatable bonds is 3. The highest BCUT2D eigenvalue weighted by Crippen LogP contribution is 2.35. The van der Waals surface area contributed by atoms with Gasteiger partial charge >= 0.3 is 11.8 Å². The molecule has 142 valence electrons. The lowest BCUT2D eigenvalue weighted by molar-refractivity contribution is -0.136. The first-order valence-corrected chi connectivity index (χ1v) is 8.37. The van der Waals surface area contributed by atoms with E-state index in [1.165, 1.54) is 12.1 Å². The molecule has 0 amide bonds. The molecule has 2 heterocycles. The zero-order valence-electron chi connectivity index (χ0n) is 14.5. The number of para-hydroxylation sites is 1. The van der Waals surface area contributed by atoms with Crippen LogP contribution in [0.25, 0.3) is 16.5 Å². The van der Waals surface area contributed by atoms with Gasteiger partial charge in [-0.25, -0.2) is 14.8 Å². The van der Waals surface area contributed by atoms with Crippen molar-refractivity contribution in [3.63, 3.8) is 0 Å². The van der Waals surface area contributed by atoms with Crippen LogP contribution in [0.3, 0.4) is 0 Å². The Morgan fingerprint density at radius 3 is 2.54 bits per heavy atom. The number of alkyl halides is 3. The predicted molar refractivity (Wildman–Crippen MR) is 96.9 cm³/mol. The molecule has 0 bridgehead atoms. The van der Waals surface area contributed by atoms with Gasteiger partial charge in [-0.05, 0) is 24.3 Å². The Balaban J connectivity index is 1.86. The van der Waals surface area contributed by atoms with Crippen molar-refractivity contribution in [2.45, 2.75) is 13.1 Å². The molecule has 2 aromatic carbocycles. The van der Waals surface area contributed by atoms with E-state index >= 15 is 0 Å². The van der Waals surface area contributed by atoms with E-state index in [1.54, 1.807) is 37.4 Å². The summed E-state index contributed by atoms with van der Waals surface area (Å²) in [5.41, 5.74) is -1.91. The van der Waals surface area contributed by atoms with Crippen molar-refractivity contribution in [2.24, 2.45) is 10.9 Å². The van der Waals surface area contributed by atoms with Gasteiger partial charge in [0.1, 0.15) is 5.75 Å². The Morgan fingerprint density at radius 1 is 1.07 bits per heavy atom. The topological polar surface area (TPSA) is 64.7 Å². The number of aliphatic imine (C=N–C) groups is 1. The standard InChI is InChI=1S/C20H13F3N2O3/c1-11-10-24-17(27-12-6-3-2-4-7-12)15(11)18-25-14-9-5-8-13(20(21,22)23)16(14)19(26)28-18/h2-11H,1H3. The van der Waals surface area contributed by atoms with E-state index in [9.17, 15) is 18.0 Å². The summed E-state index contributed by atoms with van der Waals surface area (Å²) in [5, 5.41) is -0.601. The maximum Gasteiger partial charge on any atom is 0.417 e. The molecular formula is C20H13F3N2O3. The molecule has 1 unspecified atom stereocenters. The summed E-state index contributed by atoms with van der Waals surface area (Å²) in [6.07, 6.45) is -3.10. The van der Waals surface area contributed by atoms with E-state index in [4.69, 9.17) is 9.15 Å². The molecule has 1 aliphatic heterocycles. The average molecular weight is 386 g/mol. The van der Waals surface area contributed by atoms with E-state index < -0.39 is 22.8 Å². The second-order valence-electron chi connectivity index (χ2n) is 6.20. The van der Waals surface area contributed by atoms with Gasteiger partial charge in [0.15, 0.2) is 0 Å². The van der Waals surface area contributed by atoms with Crippen molar-refractivity contribution in [1.82, 2.24) is 4.98 Å². The lowest BCUT2D eigenvalue weighted by Gasteiger charge is -2.12. The smallest absolute Gasteiger partial charge is 0.417 e. The van der Waals surface area contributed by atoms with Crippen LogP contribution in [-0.2, 0) is 6.18 Å². The number of fused-ring (bicyclic) bond motifs is 1. The molecule has 5 nitrogen and oxygen atoms in total. The van der Waals surface area contributed by atoms with Gasteiger partial charge in [-0.15, -0.1) is 0 Å². The number of hydrogen-bond acceptors (Lipinski definition) is 5. The van der Waals surface area contributed by atoms with E-state index in [2.05, 4.69) is 9.98 Å². The van der Waals surface area contributed by atoms with E-state index in [-0.39, 0.29) is 23.2 Å². The van der Waals surface area contributed by atoms with Crippen molar-refractivity contribution in [3.8, 4) is 5.75 Å². The van der Waals surface area contributed by atoms with Gasteiger partial charge in [-0.1, -0.05) is 31.2 Å². The minimum atomic E-state index is -4.69. The van der Waals surface area contributed by atoms with Crippen LogP contribution in [0.4, 0.5) is 13.2 Å². The summed E-state index contributed by atoms with van der Waals surface area (Å²) in [6, 6.07) is 12.2. The van der Waals surface area contributed by atoms with Crippen molar-refractivity contribution < 1.29 is 22.3 Å². The molecule has 0 aliphatic carbocycles. The highest BCUT2D eigenvalue weighted by Gasteiger charge is 2.35. The Labute approximate surface area is 156 Å². The molecule has 0 saturated heterocycles. The first-order chi connectivity index (χ1) is 13.3. The van der Waals surface area contributed by atoms with Crippen LogP contribution in [0.15, 0.2) is 68.6 Å². The molecule has 3 aromatic rings. The summed E-state index contributed by atoms with van der Waals surface area (Å²) in [4.78, 5) is 20.7. The van der Waals surface area contributed by atoms with E-state index in [0.717, 1.165) is 6.07 Å². The third-order valence-electron chi connectivity index (χ3n) is 4.25. The van der Waals surface area contributed by atoms with E-state index in [1.807, 2.05) is 6.07 Å². The molecule has 0 saturated carbocycles. The van der Waals surface area contributed by atoms with Crippen LogP contribution in [0.2, 0.25) is 0 Å². The van der Waals surface area contributed by atoms with Gasteiger partial charge < -0.3 is 9.15 Å². The first-order valence-electron chi connectivity index (χ1n) is 8.37. The Morgan fingerprint density at radius 2 is 1.82 bits per heavy atom. The minimum Gasteiger partial charge on any atom is -0.439 e. The number of allylic oxidation sites excluding steroid dienone is 1. The number of nitrogens with zero attached hydrogens (tertiary/aromatic N) is 2. The first kappa shape index (κ1) is 18.0. The molecular weight excluding hydrogens is 373 g/mol. The van der Waals surface area contributed by atoms with Crippen LogP contribution in [-0.4, -0.2) is 11.2 Å². The molecule has 0 spiro atoms. The fraction of sp³-hybridized carbons (Fsp3) is 0.150. The Kier molecular flexibility index (Phi) is 4.26. The summed E-state index contributed by atoms with van der Waals surface area (Å²) >= 11 is 0. The molecule has 0 radical (unpaired) electrons. The Hall–Kier alpha value is -3.42. The third-order valence-corrected chi connectivity index (χ3v) is 4.25. The van der Waals surface area contributed by atoms with Crippen molar-refractivity contribution in [3.05, 3.63) is 76.3 Å². The van der Waals surface area contributed by atoms with Crippen LogP contribution < -0.4 is 10.4 Å². The minimum absolute atomic E-state index is 0.105. The molecule has 4 rings (SSSR count). The highest BCUT2D eigenvalue weighted by molar-refractivity contribution is 5.88. The van der Waals surface area contributed by atoms with Gasteiger partial charge in [0, 0.05) is 12.1 Å². The maximum atomic E-state index is 13.2. The van der Waals surface area contributed by atoms with Crippen molar-refractivity contribution >= 4 is 22.7 Å². The summed E-state index contributed by atoms with van der Waals surface area (Å²) in [6.45, 7) is 1.79. The second kappa shape index (κ2) is 6.63. The quantitative estimate of drug-likeness (QED) is 0.656. The normalized spacial score (nSPS) is 16.8. The fourth-order valence-corrected chi connectivity index (χ4v) is 2.96. The van der Waals surface area contributed by atoms with Gasteiger partial charge in [-0.3, -0.25) is 0 Å². The molecule has 28 heavy (non-hydrogen) atoms. The largest absolute Gasteiger partial charge is 0.439 e. The molecule has 1 aliphatic rings. The lowest BCUT2D eigenvalue weighted by Crippen LogP contribution is -2.14. The van der Waals surface area contributed by atoms with Crippen molar-refractivity contribution in [1.29, 1.82) is 0 Å². The third kappa shape index (κ3) is 3.17.